The molecule has 0 aromatic heterocycles. The van der Waals surface area contributed by atoms with E-state index in [-0.39, 0.29) is 0 Å². The van der Waals surface area contributed by atoms with Crippen molar-refractivity contribution in [1.82, 2.24) is 4.90 Å². The Kier molecular flexibility index (Phi) is 3.50. The second kappa shape index (κ2) is 4.72. The van der Waals surface area contributed by atoms with E-state index < -0.39 is 18.1 Å². The summed E-state index contributed by atoms with van der Waals surface area (Å²) in [5.74, 6) is -0.0118. The fraction of sp³-hybridized carbons (Fsp3) is 0.917. The average Bonchev–Trinajstić information content (AvgIpc) is 2.61. The van der Waals surface area contributed by atoms with Gasteiger partial charge in [0.15, 0.2) is 0 Å². The molecule has 2 unspecified atom stereocenters. The van der Waals surface area contributed by atoms with E-state index in [4.69, 9.17) is 5.11 Å². The molecule has 2 fully saturated rings. The highest BCUT2D eigenvalue weighted by Gasteiger charge is 2.40. The lowest BCUT2D eigenvalue weighted by atomic mass is 9.86. The zero-order valence-corrected chi connectivity index (χ0v) is 9.80. The van der Waals surface area contributed by atoms with Gasteiger partial charge in [-0.2, -0.15) is 0 Å². The summed E-state index contributed by atoms with van der Waals surface area (Å²) in [5.41, 5.74) is 0. The molecule has 4 heteroatoms. The van der Waals surface area contributed by atoms with Crippen LogP contribution < -0.4 is 0 Å². The van der Waals surface area contributed by atoms with Gasteiger partial charge in [0.05, 0.1) is 6.10 Å². The second-order valence-electron chi connectivity index (χ2n) is 5.35. The van der Waals surface area contributed by atoms with Gasteiger partial charge in [-0.15, -0.1) is 0 Å². The van der Waals surface area contributed by atoms with Crippen LogP contribution in [0.5, 0.6) is 0 Å². The molecular weight excluding hydrogens is 206 g/mol. The normalized spacial score (nSPS) is 41.1. The highest BCUT2D eigenvalue weighted by atomic mass is 16.4. The maximum absolute atomic E-state index is 11.1. The van der Waals surface area contributed by atoms with Gasteiger partial charge in [-0.1, -0.05) is 6.92 Å². The molecule has 0 bridgehead atoms. The molecule has 0 amide bonds. The van der Waals surface area contributed by atoms with Crippen LogP contribution in [0, 0.1) is 5.92 Å². The van der Waals surface area contributed by atoms with Gasteiger partial charge in [0.25, 0.3) is 0 Å². The van der Waals surface area contributed by atoms with E-state index in [0.717, 1.165) is 18.8 Å². The summed E-state index contributed by atoms with van der Waals surface area (Å²) < 4.78 is 0. The topological polar surface area (TPSA) is 60.8 Å². The van der Waals surface area contributed by atoms with Crippen molar-refractivity contribution in [2.75, 3.05) is 6.54 Å². The molecule has 0 aromatic rings. The summed E-state index contributed by atoms with van der Waals surface area (Å²) in [5, 5.41) is 18.7. The number of aliphatic hydroxyl groups excluding tert-OH is 1. The largest absolute Gasteiger partial charge is 0.480 e. The summed E-state index contributed by atoms with van der Waals surface area (Å²) in [6.07, 6.45) is 4.46. The minimum absolute atomic E-state index is 0.370. The average molecular weight is 227 g/mol. The molecule has 2 atom stereocenters. The van der Waals surface area contributed by atoms with Crippen LogP contribution in [0.3, 0.4) is 0 Å². The number of nitrogens with zero attached hydrogens (tertiary/aromatic N) is 1. The van der Waals surface area contributed by atoms with Crippen molar-refractivity contribution < 1.29 is 15.0 Å². The number of β-amino-alcohol motifs (C(OH)–C–C–N with tert-alkyl or cyclic N) is 1. The van der Waals surface area contributed by atoms with Gasteiger partial charge >= 0.3 is 5.97 Å². The zero-order chi connectivity index (χ0) is 11.7. The standard InChI is InChI=1S/C12H21NO3/c1-8-2-4-9(5-3-8)13-7-10(14)6-11(13)12(15)16/h8-11,14H,2-7H2,1H3,(H,15,16). The molecule has 1 saturated heterocycles. The Morgan fingerprint density at radius 3 is 2.44 bits per heavy atom. The fourth-order valence-electron chi connectivity index (χ4n) is 3.06. The summed E-state index contributed by atoms with van der Waals surface area (Å²) in [6, 6.07) is -0.0946. The van der Waals surface area contributed by atoms with E-state index in [1.165, 1.54) is 12.8 Å². The Morgan fingerprint density at radius 2 is 1.88 bits per heavy atom. The van der Waals surface area contributed by atoms with Crippen LogP contribution in [0.25, 0.3) is 0 Å². The molecule has 2 N–H and O–H groups in total. The van der Waals surface area contributed by atoms with Crippen LogP contribution >= 0.6 is 0 Å². The molecule has 2 rings (SSSR count). The third-order valence-corrected chi connectivity index (χ3v) is 4.06. The molecule has 16 heavy (non-hydrogen) atoms. The van der Waals surface area contributed by atoms with Gasteiger partial charge < -0.3 is 10.2 Å². The Morgan fingerprint density at radius 1 is 1.25 bits per heavy atom. The van der Waals surface area contributed by atoms with Crippen LogP contribution in [-0.2, 0) is 4.79 Å². The lowest BCUT2D eigenvalue weighted by Crippen LogP contribution is -2.44. The van der Waals surface area contributed by atoms with Gasteiger partial charge in [0.2, 0.25) is 0 Å². The minimum Gasteiger partial charge on any atom is -0.480 e. The van der Waals surface area contributed by atoms with Crippen molar-refractivity contribution in [3.8, 4) is 0 Å². The van der Waals surface area contributed by atoms with Gasteiger partial charge in [-0.25, -0.2) is 0 Å². The van der Waals surface area contributed by atoms with Gasteiger partial charge in [-0.3, -0.25) is 9.69 Å². The van der Waals surface area contributed by atoms with Crippen molar-refractivity contribution in [1.29, 1.82) is 0 Å². The fourth-order valence-corrected chi connectivity index (χ4v) is 3.06. The molecule has 1 saturated carbocycles. The Labute approximate surface area is 96.3 Å². The molecule has 1 heterocycles. The Hall–Kier alpha value is -0.610. The monoisotopic (exact) mass is 227 g/mol. The molecule has 1 aliphatic heterocycles. The van der Waals surface area contributed by atoms with E-state index in [9.17, 15) is 9.90 Å². The number of carbonyl (C=O) groups is 1. The van der Waals surface area contributed by atoms with Crippen LogP contribution in [-0.4, -0.2) is 45.8 Å². The van der Waals surface area contributed by atoms with Crippen LogP contribution in [0.4, 0.5) is 0 Å². The lowest BCUT2D eigenvalue weighted by molar-refractivity contribution is -0.143. The van der Waals surface area contributed by atoms with E-state index in [2.05, 4.69) is 6.92 Å². The van der Waals surface area contributed by atoms with Crippen LogP contribution in [0.15, 0.2) is 0 Å². The van der Waals surface area contributed by atoms with E-state index in [1.54, 1.807) is 0 Å². The number of carboxylic acids is 1. The minimum atomic E-state index is -0.782. The van der Waals surface area contributed by atoms with Gasteiger partial charge in [0.1, 0.15) is 6.04 Å². The highest BCUT2D eigenvalue weighted by molar-refractivity contribution is 5.74. The summed E-state index contributed by atoms with van der Waals surface area (Å²) >= 11 is 0. The SMILES string of the molecule is CC1CCC(N2CC(O)CC2C(=O)O)CC1. The lowest BCUT2D eigenvalue weighted by Gasteiger charge is -2.35. The first kappa shape index (κ1) is 11.9. The molecule has 0 radical (unpaired) electrons. The quantitative estimate of drug-likeness (QED) is 0.741. The van der Waals surface area contributed by atoms with Crippen molar-refractivity contribution in [3.05, 3.63) is 0 Å². The maximum Gasteiger partial charge on any atom is 0.321 e. The molecule has 2 aliphatic rings. The van der Waals surface area contributed by atoms with Crippen LogP contribution in [0.2, 0.25) is 0 Å². The van der Waals surface area contributed by atoms with E-state index in [1.807, 2.05) is 4.90 Å². The third kappa shape index (κ3) is 2.38. The van der Waals surface area contributed by atoms with Crippen molar-refractivity contribution in [2.24, 2.45) is 5.92 Å². The molecule has 0 aromatic carbocycles. The van der Waals surface area contributed by atoms with Crippen LogP contribution in [0.1, 0.15) is 39.0 Å². The highest BCUT2D eigenvalue weighted by Crippen LogP contribution is 2.31. The molecule has 92 valence electrons. The van der Waals surface area contributed by atoms with Crippen molar-refractivity contribution in [3.63, 3.8) is 0 Å². The number of carboxylic acid groups (broad SMARTS) is 1. The van der Waals surface area contributed by atoms with E-state index >= 15 is 0 Å². The molecule has 0 spiro atoms. The second-order valence-corrected chi connectivity index (χ2v) is 5.35. The number of hydrogen-bond acceptors (Lipinski definition) is 3. The van der Waals surface area contributed by atoms with E-state index in [0.29, 0.717) is 19.0 Å². The first-order valence-electron chi connectivity index (χ1n) is 6.24. The van der Waals surface area contributed by atoms with Gasteiger partial charge in [-0.05, 0) is 31.6 Å². The maximum atomic E-state index is 11.1. The smallest absolute Gasteiger partial charge is 0.321 e. The Bertz CT molecular complexity index is 261. The summed E-state index contributed by atoms with van der Waals surface area (Å²) in [6.45, 7) is 2.79. The van der Waals surface area contributed by atoms with Crippen molar-refractivity contribution >= 4 is 5.97 Å². The number of hydrogen-bond donors (Lipinski definition) is 2. The molecule has 1 aliphatic carbocycles. The van der Waals surface area contributed by atoms with Gasteiger partial charge in [0, 0.05) is 19.0 Å². The predicted octanol–water partition coefficient (Wildman–Crippen LogP) is 1.08. The number of rotatable bonds is 2. The predicted molar refractivity (Wildman–Crippen MR) is 60.2 cm³/mol. The number of aliphatic carboxylic acids is 1. The molecule has 4 nitrogen and oxygen atoms in total. The van der Waals surface area contributed by atoms with Crippen molar-refractivity contribution in [2.45, 2.75) is 57.2 Å². The Balaban J connectivity index is 1.99. The summed E-state index contributed by atoms with van der Waals surface area (Å²) in [4.78, 5) is 13.1. The third-order valence-electron chi connectivity index (χ3n) is 4.06. The first-order valence-corrected chi connectivity index (χ1v) is 6.24. The zero-order valence-electron chi connectivity index (χ0n) is 9.80. The molecular formula is C12H21NO3. The summed E-state index contributed by atoms with van der Waals surface area (Å²) in [7, 11) is 0. The first-order chi connectivity index (χ1) is 7.58. The number of likely N-dealkylation sites (tertiary alicyclic amines) is 1. The number of aliphatic hydroxyl groups is 1.